The Hall–Kier alpha value is -2.10. The van der Waals surface area contributed by atoms with E-state index in [2.05, 4.69) is 104 Å². The van der Waals surface area contributed by atoms with Gasteiger partial charge in [-0.1, -0.05) is 61.6 Å². The quantitative estimate of drug-likeness (QED) is 0.427. The summed E-state index contributed by atoms with van der Waals surface area (Å²) in [6, 6.07) is 13.4. The molecule has 2 fully saturated rings. The number of aryl methyl sites for hydroxylation is 2. The van der Waals surface area contributed by atoms with Crippen LogP contribution in [0.25, 0.3) is 0 Å². The Morgan fingerprint density at radius 1 is 0.865 bits per heavy atom. The average Bonchev–Trinajstić information content (AvgIpc) is 3.06. The third-order valence-corrected chi connectivity index (χ3v) is 9.07. The van der Waals surface area contributed by atoms with Gasteiger partial charge < -0.3 is 19.2 Å². The van der Waals surface area contributed by atoms with E-state index in [4.69, 9.17) is 14.0 Å². The van der Waals surface area contributed by atoms with Gasteiger partial charge in [0.15, 0.2) is 0 Å². The second-order valence-corrected chi connectivity index (χ2v) is 11.9. The van der Waals surface area contributed by atoms with Crippen molar-refractivity contribution in [3.63, 3.8) is 0 Å². The van der Waals surface area contributed by atoms with E-state index in [1.807, 2.05) is 0 Å². The maximum Gasteiger partial charge on any atom is 0.495 e. The van der Waals surface area contributed by atoms with Crippen LogP contribution in [-0.2, 0) is 19.5 Å². The molecule has 2 aliphatic rings. The number of ether oxygens (including phenoxy) is 1. The van der Waals surface area contributed by atoms with Crippen molar-refractivity contribution < 1.29 is 19.2 Å². The first-order valence-electron chi connectivity index (χ1n) is 13.8. The predicted molar refractivity (Wildman–Crippen MR) is 151 cm³/mol. The molecule has 0 radical (unpaired) electrons. The third-order valence-electron chi connectivity index (χ3n) is 9.07. The lowest BCUT2D eigenvalue weighted by Gasteiger charge is -2.34. The van der Waals surface area contributed by atoms with Gasteiger partial charge in [0.2, 0.25) is 0 Å². The minimum atomic E-state index is -0.948. The first-order valence-corrected chi connectivity index (χ1v) is 13.8. The van der Waals surface area contributed by atoms with Gasteiger partial charge in [0.1, 0.15) is 5.60 Å². The van der Waals surface area contributed by atoms with Crippen LogP contribution in [0.1, 0.15) is 95.0 Å². The van der Waals surface area contributed by atoms with Crippen LogP contribution < -0.4 is 5.46 Å². The monoisotopic (exact) mass is 502 g/mol. The van der Waals surface area contributed by atoms with Gasteiger partial charge in [-0.15, -0.1) is 0 Å². The molecule has 1 N–H and O–H groups in total. The fraction of sp³-hybridized carbons (Fsp3) is 0.562. The molecule has 0 aliphatic carbocycles. The lowest BCUT2D eigenvalue weighted by molar-refractivity contribution is -0.0261. The van der Waals surface area contributed by atoms with Gasteiger partial charge in [0.05, 0.1) is 24.4 Å². The van der Waals surface area contributed by atoms with E-state index in [-0.39, 0.29) is 23.7 Å². The largest absolute Gasteiger partial charge is 0.495 e. The molecule has 2 saturated heterocycles. The van der Waals surface area contributed by atoms with E-state index in [1.54, 1.807) is 0 Å². The maximum atomic E-state index is 10.7. The van der Waals surface area contributed by atoms with Crippen molar-refractivity contribution in [3.05, 3.63) is 64.2 Å². The lowest BCUT2D eigenvalue weighted by atomic mass is 9.68. The van der Waals surface area contributed by atoms with Crippen molar-refractivity contribution in [3.8, 4) is 11.8 Å². The van der Waals surface area contributed by atoms with Crippen LogP contribution in [0.4, 0.5) is 0 Å². The second-order valence-electron chi connectivity index (χ2n) is 11.9. The molecule has 4 nitrogen and oxygen atoms in total. The van der Waals surface area contributed by atoms with Crippen LogP contribution in [0.15, 0.2) is 36.4 Å². The maximum absolute atomic E-state index is 10.7. The Morgan fingerprint density at radius 2 is 1.41 bits per heavy atom. The topological polar surface area (TPSA) is 47.9 Å². The van der Waals surface area contributed by atoms with Crippen molar-refractivity contribution in [1.29, 1.82) is 0 Å². The van der Waals surface area contributed by atoms with Crippen molar-refractivity contribution in [2.45, 2.75) is 103 Å². The summed E-state index contributed by atoms with van der Waals surface area (Å²) in [5.41, 5.74) is 5.23. The van der Waals surface area contributed by atoms with Gasteiger partial charge >= 0.3 is 7.12 Å². The van der Waals surface area contributed by atoms with E-state index in [1.165, 1.54) is 16.7 Å². The lowest BCUT2D eigenvalue weighted by Crippen LogP contribution is -2.41. The minimum absolute atomic E-state index is 0.102. The molecule has 198 valence electrons. The highest BCUT2D eigenvalue weighted by atomic mass is 16.7. The summed E-state index contributed by atoms with van der Waals surface area (Å²) < 4.78 is 18.1. The third kappa shape index (κ3) is 5.27. The Labute approximate surface area is 224 Å². The Kier molecular flexibility index (Phi) is 7.72. The van der Waals surface area contributed by atoms with Crippen molar-refractivity contribution in [2.24, 2.45) is 0 Å². The van der Waals surface area contributed by atoms with Gasteiger partial charge in [-0.05, 0) is 82.6 Å². The molecule has 5 heteroatoms. The molecule has 0 spiro atoms. The Morgan fingerprint density at radius 3 is 1.92 bits per heavy atom. The fourth-order valence-electron chi connectivity index (χ4n) is 5.56. The van der Waals surface area contributed by atoms with Crippen LogP contribution in [0, 0.1) is 25.7 Å². The van der Waals surface area contributed by atoms with Crippen LogP contribution in [0.3, 0.4) is 0 Å². The number of hydrogen-bond donors (Lipinski definition) is 1. The molecule has 2 aromatic rings. The van der Waals surface area contributed by atoms with Crippen molar-refractivity contribution in [1.82, 2.24) is 0 Å². The Bertz CT molecular complexity index is 1180. The fourth-order valence-corrected chi connectivity index (χ4v) is 5.56. The summed E-state index contributed by atoms with van der Waals surface area (Å²) >= 11 is 0. The molecule has 0 bridgehead atoms. The highest BCUT2D eigenvalue weighted by Gasteiger charge is 2.52. The summed E-state index contributed by atoms with van der Waals surface area (Å²) in [4.78, 5) is 0. The number of hydrogen-bond acceptors (Lipinski definition) is 4. The summed E-state index contributed by atoms with van der Waals surface area (Å²) in [6.07, 6.45) is 3.10. The Balaban J connectivity index is 1.65. The number of benzene rings is 2. The van der Waals surface area contributed by atoms with Crippen molar-refractivity contribution in [2.75, 3.05) is 13.2 Å². The van der Waals surface area contributed by atoms with Crippen LogP contribution in [0.2, 0.25) is 0 Å². The van der Waals surface area contributed by atoms with Gasteiger partial charge in [0, 0.05) is 23.8 Å². The number of rotatable bonds is 5. The first kappa shape index (κ1) is 27.9. The molecule has 2 aromatic carbocycles. The predicted octanol–water partition coefficient (Wildman–Crippen LogP) is 5.60. The summed E-state index contributed by atoms with van der Waals surface area (Å²) in [7, 11) is -0.359. The summed E-state index contributed by atoms with van der Waals surface area (Å²) in [6.45, 7) is 18.3. The van der Waals surface area contributed by atoms with E-state index in [9.17, 15) is 5.11 Å². The second kappa shape index (κ2) is 10.2. The van der Waals surface area contributed by atoms with Crippen LogP contribution >= 0.6 is 0 Å². The van der Waals surface area contributed by atoms with E-state index >= 15 is 0 Å². The van der Waals surface area contributed by atoms with Crippen LogP contribution in [0.5, 0.6) is 0 Å². The van der Waals surface area contributed by atoms with Crippen LogP contribution in [-0.4, -0.2) is 42.2 Å². The summed E-state index contributed by atoms with van der Waals surface area (Å²) in [5, 5.41) is 10.7. The molecule has 0 saturated carbocycles. The number of aliphatic hydroxyl groups is 1. The smallest absolute Gasteiger partial charge is 0.399 e. The molecular formula is C32H43BO4. The van der Waals surface area contributed by atoms with Gasteiger partial charge in [-0.25, -0.2) is 0 Å². The normalized spacial score (nSPS) is 20.4. The zero-order valence-electron chi connectivity index (χ0n) is 24.0. The minimum Gasteiger partial charge on any atom is -0.399 e. The SMILES string of the molecule is CCC(CC)(c1ccc(C#CC2(O)CCOCC2)c(C)c1)c1ccc(B2OC(C)(C)C(C)(C)O2)c(C)c1. The highest BCUT2D eigenvalue weighted by molar-refractivity contribution is 6.62. The molecule has 0 amide bonds. The van der Waals surface area contributed by atoms with E-state index < -0.39 is 5.60 Å². The zero-order chi connectivity index (χ0) is 27.1. The molecule has 4 rings (SSSR count). The molecule has 0 atom stereocenters. The standard InChI is InChI=1S/C32H43BO4/c1-9-32(10-2,26-12-11-25(23(3)21-26)15-16-31(34)17-19-35-20-18-31)27-13-14-28(24(4)22-27)33-36-29(5,6)30(7,8)37-33/h11-14,21-22,34H,9-10,17-20H2,1-8H3. The summed E-state index contributed by atoms with van der Waals surface area (Å²) in [5.74, 6) is 6.38. The molecule has 2 heterocycles. The molecule has 0 unspecified atom stereocenters. The molecule has 2 aliphatic heterocycles. The van der Waals surface area contributed by atoms with Gasteiger partial charge in [0.25, 0.3) is 0 Å². The zero-order valence-corrected chi connectivity index (χ0v) is 24.0. The highest BCUT2D eigenvalue weighted by Crippen LogP contribution is 2.41. The molecule has 37 heavy (non-hydrogen) atoms. The van der Waals surface area contributed by atoms with Crippen molar-refractivity contribution >= 4 is 12.6 Å². The molecule has 0 aromatic heterocycles. The molecular weight excluding hydrogens is 459 g/mol. The average molecular weight is 503 g/mol. The van der Waals surface area contributed by atoms with Gasteiger partial charge in [-0.3, -0.25) is 0 Å². The van der Waals surface area contributed by atoms with Gasteiger partial charge in [-0.2, -0.15) is 0 Å². The van der Waals surface area contributed by atoms with E-state index in [0.717, 1.165) is 29.4 Å². The first-order chi connectivity index (χ1) is 17.4. The van der Waals surface area contributed by atoms with E-state index in [0.29, 0.717) is 26.1 Å².